The molecule has 1 fully saturated rings. The van der Waals surface area contributed by atoms with Gasteiger partial charge < -0.3 is 14.6 Å². The molecule has 22 heavy (non-hydrogen) atoms. The van der Waals surface area contributed by atoms with Gasteiger partial charge >= 0.3 is 0 Å². The van der Waals surface area contributed by atoms with Crippen LogP contribution in [0.15, 0.2) is 22.7 Å². The van der Waals surface area contributed by atoms with Gasteiger partial charge in [0.05, 0.1) is 11.6 Å². The molecule has 1 aromatic carbocycles. The summed E-state index contributed by atoms with van der Waals surface area (Å²) in [5.41, 5.74) is 1.34. The molecule has 1 aliphatic rings. The van der Waals surface area contributed by atoms with E-state index in [1.807, 2.05) is 30.0 Å². The number of hydrogen-bond donors (Lipinski definition) is 1. The number of nitrogens with one attached hydrogen (secondary N) is 1. The van der Waals surface area contributed by atoms with Crippen LogP contribution in [0.4, 0.5) is 0 Å². The number of aromatic nitrogens is 1. The SMILES string of the molecule is CCN(C[C@@H]1CCOC1)C(=O)c1[nH]c2ccc(Br)cc2c1Cl. The highest BCUT2D eigenvalue weighted by molar-refractivity contribution is 9.10. The maximum atomic E-state index is 12.8. The van der Waals surface area contributed by atoms with Crippen LogP contribution >= 0.6 is 27.5 Å². The van der Waals surface area contributed by atoms with Crippen LogP contribution in [0.1, 0.15) is 23.8 Å². The minimum Gasteiger partial charge on any atom is -0.381 e. The van der Waals surface area contributed by atoms with Gasteiger partial charge in [-0.15, -0.1) is 0 Å². The number of aromatic amines is 1. The van der Waals surface area contributed by atoms with Crippen molar-refractivity contribution in [1.29, 1.82) is 0 Å². The zero-order valence-electron chi connectivity index (χ0n) is 12.4. The van der Waals surface area contributed by atoms with Crippen molar-refractivity contribution >= 4 is 44.3 Å². The van der Waals surface area contributed by atoms with E-state index in [2.05, 4.69) is 20.9 Å². The summed E-state index contributed by atoms with van der Waals surface area (Å²) in [7, 11) is 0. The Hall–Kier alpha value is -1.04. The van der Waals surface area contributed by atoms with Gasteiger partial charge in [-0.2, -0.15) is 0 Å². The molecule has 1 N–H and O–H groups in total. The summed E-state index contributed by atoms with van der Waals surface area (Å²) in [6.07, 6.45) is 1.01. The second-order valence-electron chi connectivity index (χ2n) is 5.58. The van der Waals surface area contributed by atoms with Gasteiger partial charge in [0, 0.05) is 41.0 Å². The molecule has 3 rings (SSSR count). The normalized spacial score (nSPS) is 18.0. The largest absolute Gasteiger partial charge is 0.381 e. The van der Waals surface area contributed by atoms with E-state index in [4.69, 9.17) is 16.3 Å². The molecular formula is C16H18BrClN2O2. The molecule has 0 saturated carbocycles. The van der Waals surface area contributed by atoms with Gasteiger partial charge in [-0.1, -0.05) is 27.5 Å². The number of carbonyl (C=O) groups excluding carboxylic acids is 1. The summed E-state index contributed by atoms with van der Waals surface area (Å²) >= 11 is 9.85. The van der Waals surface area contributed by atoms with Crippen molar-refractivity contribution in [3.05, 3.63) is 33.4 Å². The van der Waals surface area contributed by atoms with E-state index in [0.29, 0.717) is 29.7 Å². The molecule has 1 aliphatic heterocycles. The number of ether oxygens (including phenoxy) is 1. The van der Waals surface area contributed by atoms with Crippen molar-refractivity contribution in [2.24, 2.45) is 5.92 Å². The van der Waals surface area contributed by atoms with E-state index < -0.39 is 0 Å². The second-order valence-corrected chi connectivity index (χ2v) is 6.87. The van der Waals surface area contributed by atoms with Gasteiger partial charge in [0.25, 0.3) is 5.91 Å². The lowest BCUT2D eigenvalue weighted by Crippen LogP contribution is -2.35. The quantitative estimate of drug-likeness (QED) is 0.862. The van der Waals surface area contributed by atoms with Crippen LogP contribution in [0, 0.1) is 5.92 Å². The Labute approximate surface area is 142 Å². The minimum absolute atomic E-state index is 0.0493. The lowest BCUT2D eigenvalue weighted by molar-refractivity contribution is 0.0726. The van der Waals surface area contributed by atoms with Gasteiger partial charge in [0.1, 0.15) is 5.69 Å². The zero-order valence-corrected chi connectivity index (χ0v) is 14.7. The fourth-order valence-corrected chi connectivity index (χ4v) is 3.48. The number of hydrogen-bond acceptors (Lipinski definition) is 2. The van der Waals surface area contributed by atoms with E-state index in [1.54, 1.807) is 0 Å². The molecule has 0 unspecified atom stereocenters. The predicted molar refractivity (Wildman–Crippen MR) is 91.5 cm³/mol. The van der Waals surface area contributed by atoms with E-state index in [9.17, 15) is 4.79 Å². The van der Waals surface area contributed by atoms with E-state index in [1.165, 1.54) is 0 Å². The Bertz CT molecular complexity index is 695. The molecule has 2 aromatic rings. The van der Waals surface area contributed by atoms with Crippen LogP contribution in [-0.4, -0.2) is 42.1 Å². The number of carbonyl (C=O) groups is 1. The average molecular weight is 386 g/mol. The zero-order chi connectivity index (χ0) is 15.7. The minimum atomic E-state index is -0.0493. The number of nitrogens with zero attached hydrogens (tertiary/aromatic N) is 1. The molecule has 1 saturated heterocycles. The molecule has 0 bridgehead atoms. The lowest BCUT2D eigenvalue weighted by atomic mass is 10.1. The number of rotatable bonds is 4. The van der Waals surface area contributed by atoms with Crippen molar-refractivity contribution < 1.29 is 9.53 Å². The summed E-state index contributed by atoms with van der Waals surface area (Å²) in [4.78, 5) is 17.8. The predicted octanol–water partition coefficient (Wildman–Crippen LogP) is 4.08. The van der Waals surface area contributed by atoms with Gasteiger partial charge in [0.2, 0.25) is 0 Å². The number of amides is 1. The Morgan fingerprint density at radius 1 is 1.55 bits per heavy atom. The van der Waals surface area contributed by atoms with E-state index in [0.717, 1.165) is 35.0 Å². The molecule has 1 amide bonds. The van der Waals surface area contributed by atoms with Crippen molar-refractivity contribution in [2.75, 3.05) is 26.3 Å². The Morgan fingerprint density at radius 3 is 3.05 bits per heavy atom. The average Bonchev–Trinajstić information content (AvgIpc) is 3.13. The first-order valence-electron chi connectivity index (χ1n) is 7.44. The fraction of sp³-hybridized carbons (Fsp3) is 0.438. The third-order valence-electron chi connectivity index (χ3n) is 4.08. The number of halogens is 2. The molecular weight excluding hydrogens is 368 g/mol. The number of benzene rings is 1. The summed E-state index contributed by atoms with van der Waals surface area (Å²) in [6.45, 7) is 4.88. The van der Waals surface area contributed by atoms with Crippen molar-refractivity contribution in [3.63, 3.8) is 0 Å². The highest BCUT2D eigenvalue weighted by Crippen LogP contribution is 2.30. The first kappa shape index (κ1) is 15.8. The monoisotopic (exact) mass is 384 g/mol. The lowest BCUT2D eigenvalue weighted by Gasteiger charge is -2.23. The van der Waals surface area contributed by atoms with Crippen molar-refractivity contribution in [1.82, 2.24) is 9.88 Å². The van der Waals surface area contributed by atoms with Crippen LogP contribution in [0.3, 0.4) is 0 Å². The van der Waals surface area contributed by atoms with Crippen LogP contribution in [0.25, 0.3) is 10.9 Å². The van der Waals surface area contributed by atoms with E-state index >= 15 is 0 Å². The first-order chi connectivity index (χ1) is 10.6. The molecule has 1 atom stereocenters. The van der Waals surface area contributed by atoms with Gasteiger partial charge in [-0.25, -0.2) is 0 Å². The summed E-state index contributed by atoms with van der Waals surface area (Å²) in [5, 5.41) is 1.35. The highest BCUT2D eigenvalue weighted by Gasteiger charge is 2.25. The van der Waals surface area contributed by atoms with Crippen LogP contribution in [0.2, 0.25) is 5.02 Å². The third kappa shape index (κ3) is 3.03. The maximum Gasteiger partial charge on any atom is 0.271 e. The molecule has 118 valence electrons. The highest BCUT2D eigenvalue weighted by atomic mass is 79.9. The molecule has 1 aromatic heterocycles. The summed E-state index contributed by atoms with van der Waals surface area (Å²) in [5.74, 6) is 0.368. The summed E-state index contributed by atoms with van der Waals surface area (Å²) < 4.78 is 6.34. The number of fused-ring (bicyclic) bond motifs is 1. The Balaban J connectivity index is 1.87. The fourth-order valence-electron chi connectivity index (χ4n) is 2.83. The van der Waals surface area contributed by atoms with Gasteiger partial charge in [0.15, 0.2) is 0 Å². The van der Waals surface area contributed by atoms with Crippen LogP contribution in [-0.2, 0) is 4.74 Å². The van der Waals surface area contributed by atoms with Gasteiger partial charge in [-0.3, -0.25) is 4.79 Å². The number of H-pyrrole nitrogens is 1. The Kier molecular flexibility index (Phi) is 4.76. The van der Waals surface area contributed by atoms with Crippen LogP contribution < -0.4 is 0 Å². The van der Waals surface area contributed by atoms with E-state index in [-0.39, 0.29) is 5.91 Å². The van der Waals surface area contributed by atoms with Gasteiger partial charge in [-0.05, 0) is 31.5 Å². The standard InChI is InChI=1S/C16H18BrClN2O2/c1-2-20(8-10-5-6-22-9-10)16(21)15-14(18)12-7-11(17)3-4-13(12)19-15/h3-4,7,10,19H,2,5-6,8-9H2,1H3/t10-/m0/s1. The molecule has 0 radical (unpaired) electrons. The smallest absolute Gasteiger partial charge is 0.271 e. The third-order valence-corrected chi connectivity index (χ3v) is 4.97. The van der Waals surface area contributed by atoms with Crippen LogP contribution in [0.5, 0.6) is 0 Å². The molecule has 4 nitrogen and oxygen atoms in total. The maximum absolute atomic E-state index is 12.8. The molecule has 0 spiro atoms. The summed E-state index contributed by atoms with van der Waals surface area (Å²) in [6, 6.07) is 5.77. The van der Waals surface area contributed by atoms with Crippen molar-refractivity contribution in [3.8, 4) is 0 Å². The van der Waals surface area contributed by atoms with Crippen molar-refractivity contribution in [2.45, 2.75) is 13.3 Å². The molecule has 6 heteroatoms. The second kappa shape index (κ2) is 6.60. The topological polar surface area (TPSA) is 45.3 Å². The molecule has 2 heterocycles. The first-order valence-corrected chi connectivity index (χ1v) is 8.61. The Morgan fingerprint density at radius 2 is 2.36 bits per heavy atom. The molecule has 0 aliphatic carbocycles.